The average molecular weight is 158 g/mol. The van der Waals surface area contributed by atoms with E-state index in [1.54, 1.807) is 0 Å². The summed E-state index contributed by atoms with van der Waals surface area (Å²) in [5, 5.41) is 0. The molecule has 11 heavy (non-hydrogen) atoms. The SMILES string of the molecule is CC(C)(C)OO[CH]CN=C=O. The molecule has 0 aromatic carbocycles. The Balaban J connectivity index is 3.21. The van der Waals surface area contributed by atoms with E-state index < -0.39 is 0 Å². The molecule has 4 heteroatoms. The van der Waals surface area contributed by atoms with Gasteiger partial charge in [-0.1, -0.05) is 0 Å². The van der Waals surface area contributed by atoms with Gasteiger partial charge >= 0.3 is 0 Å². The van der Waals surface area contributed by atoms with E-state index in [-0.39, 0.29) is 12.1 Å². The Morgan fingerprint density at radius 1 is 1.55 bits per heavy atom. The number of isocyanates is 1. The molecule has 0 fully saturated rings. The van der Waals surface area contributed by atoms with Gasteiger partial charge in [-0.3, -0.25) is 0 Å². The van der Waals surface area contributed by atoms with Crippen molar-refractivity contribution in [1.82, 2.24) is 0 Å². The Labute approximate surface area is 66.1 Å². The Hall–Kier alpha value is -0.700. The first-order valence-electron chi connectivity index (χ1n) is 3.26. The van der Waals surface area contributed by atoms with Gasteiger partial charge in [0.2, 0.25) is 6.08 Å². The Morgan fingerprint density at radius 2 is 2.18 bits per heavy atom. The molecule has 0 unspecified atom stereocenters. The predicted molar refractivity (Wildman–Crippen MR) is 39.2 cm³/mol. The summed E-state index contributed by atoms with van der Waals surface area (Å²) < 4.78 is 0. The van der Waals surface area contributed by atoms with E-state index >= 15 is 0 Å². The third kappa shape index (κ3) is 9.30. The molecule has 4 nitrogen and oxygen atoms in total. The zero-order chi connectivity index (χ0) is 8.74. The molecule has 0 spiro atoms. The lowest BCUT2D eigenvalue weighted by atomic mass is 10.2. The highest BCUT2D eigenvalue weighted by atomic mass is 17.2. The summed E-state index contributed by atoms with van der Waals surface area (Å²) in [5.74, 6) is 0. The van der Waals surface area contributed by atoms with Crippen LogP contribution in [0.5, 0.6) is 0 Å². The fourth-order valence-electron chi connectivity index (χ4n) is 0.283. The fraction of sp³-hybridized carbons (Fsp3) is 0.714. The number of carbonyl (C=O) groups excluding carboxylic acids is 1. The lowest BCUT2D eigenvalue weighted by molar-refractivity contribution is -0.325. The van der Waals surface area contributed by atoms with Gasteiger partial charge in [0.25, 0.3) is 0 Å². The van der Waals surface area contributed by atoms with Crippen molar-refractivity contribution in [3.8, 4) is 0 Å². The average Bonchev–Trinajstić information content (AvgIpc) is 1.85. The van der Waals surface area contributed by atoms with Crippen LogP contribution < -0.4 is 0 Å². The van der Waals surface area contributed by atoms with E-state index in [0.717, 1.165) is 0 Å². The minimum atomic E-state index is -0.346. The lowest BCUT2D eigenvalue weighted by Crippen LogP contribution is -2.18. The van der Waals surface area contributed by atoms with E-state index in [0.29, 0.717) is 0 Å². The van der Waals surface area contributed by atoms with Crippen LogP contribution in [0.15, 0.2) is 4.99 Å². The molecule has 0 N–H and O–H groups in total. The van der Waals surface area contributed by atoms with Crippen LogP contribution in [0, 0.1) is 6.61 Å². The highest BCUT2D eigenvalue weighted by Crippen LogP contribution is 2.07. The summed E-state index contributed by atoms with van der Waals surface area (Å²) in [7, 11) is 0. The minimum Gasteiger partial charge on any atom is -0.230 e. The molecular weight excluding hydrogens is 146 g/mol. The van der Waals surface area contributed by atoms with E-state index in [1.165, 1.54) is 12.7 Å². The molecule has 0 heterocycles. The van der Waals surface area contributed by atoms with Crippen LogP contribution in [0.4, 0.5) is 0 Å². The monoisotopic (exact) mass is 158 g/mol. The van der Waals surface area contributed by atoms with Crippen molar-refractivity contribution in [3.05, 3.63) is 6.61 Å². The number of aliphatic imine (C=N–C) groups is 1. The molecule has 0 aliphatic carbocycles. The van der Waals surface area contributed by atoms with Gasteiger partial charge in [-0.05, 0) is 20.8 Å². The first-order chi connectivity index (χ1) is 5.06. The van der Waals surface area contributed by atoms with Crippen molar-refractivity contribution in [2.45, 2.75) is 26.4 Å². The standard InChI is InChI=1S/C7H12NO3/c1-7(2,3)11-10-5-4-8-6-9/h5H,4H2,1-3H3. The van der Waals surface area contributed by atoms with Crippen molar-refractivity contribution in [3.63, 3.8) is 0 Å². The van der Waals surface area contributed by atoms with Crippen molar-refractivity contribution >= 4 is 6.08 Å². The Bertz CT molecular complexity index is 144. The largest absolute Gasteiger partial charge is 0.235 e. The van der Waals surface area contributed by atoms with Gasteiger partial charge in [-0.15, -0.1) is 0 Å². The molecule has 0 aromatic heterocycles. The van der Waals surface area contributed by atoms with Crippen LogP contribution in [0.25, 0.3) is 0 Å². The molecule has 0 amide bonds. The smallest absolute Gasteiger partial charge is 0.230 e. The van der Waals surface area contributed by atoms with Crippen LogP contribution in [0.2, 0.25) is 0 Å². The summed E-state index contributed by atoms with van der Waals surface area (Å²) in [5.41, 5.74) is -0.346. The predicted octanol–water partition coefficient (Wildman–Crippen LogP) is 1.23. The van der Waals surface area contributed by atoms with Gasteiger partial charge in [0.15, 0.2) is 0 Å². The first-order valence-corrected chi connectivity index (χ1v) is 3.26. The number of nitrogens with zero attached hydrogens (tertiary/aromatic N) is 1. The zero-order valence-electron chi connectivity index (χ0n) is 6.96. The van der Waals surface area contributed by atoms with E-state index in [1.807, 2.05) is 20.8 Å². The molecule has 0 saturated heterocycles. The number of hydrogen-bond acceptors (Lipinski definition) is 4. The summed E-state index contributed by atoms with van der Waals surface area (Å²) >= 11 is 0. The summed E-state index contributed by atoms with van der Waals surface area (Å²) in [6, 6.07) is 0. The fourth-order valence-corrected chi connectivity index (χ4v) is 0.283. The highest BCUT2D eigenvalue weighted by Gasteiger charge is 2.10. The Kier molecular flexibility index (Phi) is 4.70. The quantitative estimate of drug-likeness (QED) is 0.203. The third-order valence-corrected chi connectivity index (χ3v) is 0.597. The molecule has 0 saturated carbocycles. The second-order valence-electron chi connectivity index (χ2n) is 2.89. The second kappa shape index (κ2) is 5.02. The van der Waals surface area contributed by atoms with Crippen LogP contribution in [0.1, 0.15) is 20.8 Å². The number of rotatable bonds is 4. The maximum Gasteiger partial charge on any atom is 0.235 e. The minimum absolute atomic E-state index is 0.166. The van der Waals surface area contributed by atoms with Crippen LogP contribution in [0.3, 0.4) is 0 Å². The van der Waals surface area contributed by atoms with Gasteiger partial charge in [0.05, 0.1) is 12.1 Å². The van der Waals surface area contributed by atoms with Gasteiger partial charge in [-0.2, -0.15) is 0 Å². The Morgan fingerprint density at radius 3 is 2.64 bits per heavy atom. The normalized spacial score (nSPS) is 10.8. The molecule has 0 bridgehead atoms. The van der Waals surface area contributed by atoms with Gasteiger partial charge in [0, 0.05) is 0 Å². The van der Waals surface area contributed by atoms with Crippen LogP contribution in [-0.2, 0) is 14.6 Å². The third-order valence-electron chi connectivity index (χ3n) is 0.597. The summed E-state index contributed by atoms with van der Waals surface area (Å²) in [4.78, 5) is 22.2. The highest BCUT2D eigenvalue weighted by molar-refractivity contribution is 5.32. The van der Waals surface area contributed by atoms with Crippen molar-refractivity contribution < 1.29 is 14.6 Å². The van der Waals surface area contributed by atoms with Crippen molar-refractivity contribution in [1.29, 1.82) is 0 Å². The van der Waals surface area contributed by atoms with E-state index in [9.17, 15) is 4.79 Å². The molecule has 0 aliphatic rings. The van der Waals surface area contributed by atoms with Crippen molar-refractivity contribution in [2.24, 2.45) is 4.99 Å². The lowest BCUT2D eigenvalue weighted by Gasteiger charge is -2.16. The molecule has 1 radical (unpaired) electrons. The second-order valence-corrected chi connectivity index (χ2v) is 2.89. The van der Waals surface area contributed by atoms with Gasteiger partial charge in [0.1, 0.15) is 6.61 Å². The maximum atomic E-state index is 9.56. The topological polar surface area (TPSA) is 47.9 Å². The van der Waals surface area contributed by atoms with Crippen molar-refractivity contribution in [2.75, 3.05) is 6.54 Å². The van der Waals surface area contributed by atoms with Crippen LogP contribution in [-0.4, -0.2) is 18.2 Å². The van der Waals surface area contributed by atoms with Crippen LogP contribution >= 0.6 is 0 Å². The summed E-state index contributed by atoms with van der Waals surface area (Å²) in [6.45, 7) is 7.01. The molecule has 0 aliphatic heterocycles. The maximum absolute atomic E-state index is 9.56. The van der Waals surface area contributed by atoms with Gasteiger partial charge < -0.3 is 0 Å². The zero-order valence-corrected chi connectivity index (χ0v) is 6.96. The van der Waals surface area contributed by atoms with Gasteiger partial charge in [-0.25, -0.2) is 19.6 Å². The number of hydrogen-bond donors (Lipinski definition) is 0. The first kappa shape index (κ1) is 10.3. The summed E-state index contributed by atoms with van der Waals surface area (Å²) in [6.07, 6.45) is 1.37. The molecule has 0 aromatic rings. The molecule has 0 rings (SSSR count). The molecule has 0 atom stereocenters. The van der Waals surface area contributed by atoms with E-state index in [2.05, 4.69) is 9.88 Å². The van der Waals surface area contributed by atoms with E-state index in [4.69, 9.17) is 4.89 Å². The molecule has 63 valence electrons. The molecular formula is C7H12NO3.